The third-order valence-corrected chi connectivity index (χ3v) is 6.94. The predicted octanol–water partition coefficient (Wildman–Crippen LogP) is 4.46. The zero-order valence-corrected chi connectivity index (χ0v) is 21.6. The molecule has 200 valence electrons. The molecule has 0 amide bonds. The van der Waals surface area contributed by atoms with Gasteiger partial charge in [0.25, 0.3) is 5.92 Å². The number of hydrogen-bond acceptors (Lipinski definition) is 8. The van der Waals surface area contributed by atoms with Crippen LogP contribution in [0, 0.1) is 24.6 Å². The van der Waals surface area contributed by atoms with Gasteiger partial charge in [0.1, 0.15) is 23.6 Å². The first kappa shape index (κ1) is 26.9. The van der Waals surface area contributed by atoms with E-state index in [1.54, 1.807) is 21.0 Å². The average Bonchev–Trinajstić information content (AvgIpc) is 3.28. The second-order valence-electron chi connectivity index (χ2n) is 9.64. The van der Waals surface area contributed by atoms with E-state index < -0.39 is 30.0 Å². The van der Waals surface area contributed by atoms with E-state index >= 15 is 4.39 Å². The summed E-state index contributed by atoms with van der Waals surface area (Å²) in [6.45, 7) is 6.23. The number of fused-ring (bicyclic) bond motifs is 1. The molecule has 11 heteroatoms. The minimum atomic E-state index is -3.70. The number of alkyl halides is 2. The monoisotopic (exact) mass is 519 g/mol. The van der Waals surface area contributed by atoms with Crippen molar-refractivity contribution in [2.45, 2.75) is 32.7 Å². The van der Waals surface area contributed by atoms with Crippen LogP contribution in [-0.4, -0.2) is 60.8 Å². The standard InChI is InChI=1S/C26H32F3N5O3/c1-14-11-37-12-17(14)10-34(4)21-9-19-23(31-25(21)36-5)16(3)32-33-24(19)30-15(2)18-7-6-8-20(22(18)27)26(28,29)13-35/h6-9,14-15,17,35H,10-13H2,1-5H3,(H,30,33)/t14-,15+,17?/m0/s1. The molecule has 4 rings (SSSR count). The molecule has 3 atom stereocenters. The molecule has 1 unspecified atom stereocenters. The zero-order valence-electron chi connectivity index (χ0n) is 21.6. The number of benzene rings is 1. The molecule has 2 aromatic heterocycles. The van der Waals surface area contributed by atoms with E-state index in [-0.39, 0.29) is 5.56 Å². The van der Waals surface area contributed by atoms with Crippen LogP contribution in [0.4, 0.5) is 24.7 Å². The molecule has 1 aliphatic rings. The van der Waals surface area contributed by atoms with Crippen molar-refractivity contribution in [1.82, 2.24) is 15.2 Å². The van der Waals surface area contributed by atoms with Gasteiger partial charge >= 0.3 is 0 Å². The fraction of sp³-hybridized carbons (Fsp3) is 0.500. The van der Waals surface area contributed by atoms with Crippen LogP contribution in [0.1, 0.15) is 36.7 Å². The number of pyridine rings is 1. The van der Waals surface area contributed by atoms with Gasteiger partial charge in [-0.3, -0.25) is 0 Å². The number of aliphatic hydroxyl groups is 1. The van der Waals surface area contributed by atoms with E-state index in [1.165, 1.54) is 12.1 Å². The maximum absolute atomic E-state index is 15.1. The molecule has 8 nitrogen and oxygen atoms in total. The summed E-state index contributed by atoms with van der Waals surface area (Å²) in [5.74, 6) is -3.24. The molecule has 1 saturated heterocycles. The Labute approximate surface area is 213 Å². The van der Waals surface area contributed by atoms with Gasteiger partial charge in [0.2, 0.25) is 5.88 Å². The van der Waals surface area contributed by atoms with Crippen LogP contribution in [-0.2, 0) is 10.7 Å². The highest BCUT2D eigenvalue weighted by molar-refractivity contribution is 5.93. The molecule has 0 spiro atoms. The largest absolute Gasteiger partial charge is 0.480 e. The van der Waals surface area contributed by atoms with Crippen molar-refractivity contribution in [2.75, 3.05) is 50.7 Å². The first-order chi connectivity index (χ1) is 17.6. The molecule has 2 N–H and O–H groups in total. The Morgan fingerprint density at radius 3 is 2.70 bits per heavy atom. The minimum absolute atomic E-state index is 0.00943. The SMILES string of the molecule is COc1nc2c(C)nnc(N[C@H](C)c3cccc(C(F)(F)CO)c3F)c2cc1N(C)CC1COC[C@@H]1C. The van der Waals surface area contributed by atoms with Gasteiger partial charge in [-0.05, 0) is 31.9 Å². The predicted molar refractivity (Wildman–Crippen MR) is 135 cm³/mol. The second kappa shape index (κ2) is 10.7. The minimum Gasteiger partial charge on any atom is -0.480 e. The van der Waals surface area contributed by atoms with E-state index in [0.717, 1.165) is 24.9 Å². The number of nitrogens with one attached hydrogen (secondary N) is 1. The molecule has 1 aromatic carbocycles. The van der Waals surface area contributed by atoms with Crippen LogP contribution in [0.5, 0.6) is 5.88 Å². The number of hydrogen-bond donors (Lipinski definition) is 2. The van der Waals surface area contributed by atoms with E-state index in [4.69, 9.17) is 14.6 Å². The average molecular weight is 520 g/mol. The third-order valence-electron chi connectivity index (χ3n) is 6.94. The van der Waals surface area contributed by atoms with Crippen molar-refractivity contribution in [2.24, 2.45) is 11.8 Å². The molecular weight excluding hydrogens is 487 g/mol. The van der Waals surface area contributed by atoms with Crippen LogP contribution in [0.3, 0.4) is 0 Å². The lowest BCUT2D eigenvalue weighted by Crippen LogP contribution is -2.29. The molecule has 0 saturated carbocycles. The van der Waals surface area contributed by atoms with E-state index in [0.29, 0.717) is 46.7 Å². The molecule has 0 aliphatic carbocycles. The highest BCUT2D eigenvalue weighted by atomic mass is 19.3. The summed E-state index contributed by atoms with van der Waals surface area (Å²) in [6, 6.07) is 4.87. The van der Waals surface area contributed by atoms with E-state index in [9.17, 15) is 8.78 Å². The lowest BCUT2D eigenvalue weighted by molar-refractivity contribution is -0.0583. The Morgan fingerprint density at radius 1 is 1.30 bits per heavy atom. The topological polar surface area (TPSA) is 92.6 Å². The normalized spacial score (nSPS) is 18.7. The molecular formula is C26H32F3N5O3. The molecule has 0 radical (unpaired) electrons. The van der Waals surface area contributed by atoms with Gasteiger partial charge in [0.05, 0.1) is 31.0 Å². The maximum Gasteiger partial charge on any atom is 0.298 e. The zero-order chi connectivity index (χ0) is 26.9. The molecule has 3 heterocycles. The lowest BCUT2D eigenvalue weighted by Gasteiger charge is -2.26. The summed E-state index contributed by atoms with van der Waals surface area (Å²) in [5, 5.41) is 21.2. The molecule has 0 bridgehead atoms. The van der Waals surface area contributed by atoms with Crippen LogP contribution in [0.15, 0.2) is 24.3 Å². The van der Waals surface area contributed by atoms with Crippen LogP contribution in [0.25, 0.3) is 10.9 Å². The summed E-state index contributed by atoms with van der Waals surface area (Å²) in [7, 11) is 3.51. The first-order valence-corrected chi connectivity index (χ1v) is 12.1. The number of aryl methyl sites for hydroxylation is 1. The number of aromatic nitrogens is 3. The van der Waals surface area contributed by atoms with Gasteiger partial charge in [-0.2, -0.15) is 13.9 Å². The fourth-order valence-corrected chi connectivity index (χ4v) is 4.62. The number of aliphatic hydroxyl groups excluding tert-OH is 1. The van der Waals surface area contributed by atoms with Crippen molar-refractivity contribution in [3.8, 4) is 5.88 Å². The first-order valence-electron chi connectivity index (χ1n) is 12.1. The summed E-state index contributed by atoms with van der Waals surface area (Å²) in [5.41, 5.74) is 1.02. The van der Waals surface area contributed by atoms with Crippen molar-refractivity contribution in [1.29, 1.82) is 0 Å². The number of ether oxygens (including phenoxy) is 2. The summed E-state index contributed by atoms with van der Waals surface area (Å²) in [4.78, 5) is 6.74. The third kappa shape index (κ3) is 5.28. The highest BCUT2D eigenvalue weighted by Gasteiger charge is 2.35. The van der Waals surface area contributed by atoms with Gasteiger partial charge in [0, 0.05) is 37.1 Å². The van der Waals surface area contributed by atoms with E-state index in [1.807, 2.05) is 13.1 Å². The van der Waals surface area contributed by atoms with Crippen LogP contribution < -0.4 is 15.0 Å². The summed E-state index contributed by atoms with van der Waals surface area (Å²) in [6.07, 6.45) is 0. The van der Waals surface area contributed by atoms with Gasteiger partial charge in [-0.25, -0.2) is 9.37 Å². The van der Waals surface area contributed by atoms with E-state index in [2.05, 4.69) is 32.3 Å². The number of rotatable bonds is 9. The highest BCUT2D eigenvalue weighted by Crippen LogP contribution is 2.37. The van der Waals surface area contributed by atoms with Gasteiger partial charge in [-0.1, -0.05) is 19.1 Å². The lowest BCUT2D eigenvalue weighted by atomic mass is 9.97. The molecule has 1 aliphatic heterocycles. The second-order valence-corrected chi connectivity index (χ2v) is 9.64. The Kier molecular flexibility index (Phi) is 7.75. The van der Waals surface area contributed by atoms with Gasteiger partial charge in [-0.15, -0.1) is 5.10 Å². The van der Waals surface area contributed by atoms with Crippen molar-refractivity contribution in [3.05, 3.63) is 46.9 Å². The Bertz CT molecular complexity index is 1280. The number of anilines is 2. The number of nitrogens with zero attached hydrogens (tertiary/aromatic N) is 4. The number of methoxy groups -OCH3 is 1. The summed E-state index contributed by atoms with van der Waals surface area (Å²) < 4.78 is 54.4. The number of halogens is 3. The fourth-order valence-electron chi connectivity index (χ4n) is 4.62. The molecule has 1 fully saturated rings. The van der Waals surface area contributed by atoms with Gasteiger partial charge in [0.15, 0.2) is 5.82 Å². The van der Waals surface area contributed by atoms with Crippen molar-refractivity contribution < 1.29 is 27.8 Å². The van der Waals surface area contributed by atoms with Crippen molar-refractivity contribution in [3.63, 3.8) is 0 Å². The Hall–Kier alpha value is -3.18. The molecule has 37 heavy (non-hydrogen) atoms. The summed E-state index contributed by atoms with van der Waals surface area (Å²) >= 11 is 0. The van der Waals surface area contributed by atoms with Gasteiger partial charge < -0.3 is 24.8 Å². The van der Waals surface area contributed by atoms with Crippen LogP contribution >= 0.6 is 0 Å². The smallest absolute Gasteiger partial charge is 0.298 e. The Morgan fingerprint density at radius 2 is 2.05 bits per heavy atom. The Balaban J connectivity index is 1.71. The quantitative estimate of drug-likeness (QED) is 0.428. The molecule has 3 aromatic rings. The van der Waals surface area contributed by atoms with Crippen molar-refractivity contribution >= 4 is 22.4 Å². The van der Waals surface area contributed by atoms with Crippen LogP contribution in [0.2, 0.25) is 0 Å². The maximum atomic E-state index is 15.1.